The number of nitrogens with zero attached hydrogens (tertiary/aromatic N) is 2. The first-order valence-corrected chi connectivity index (χ1v) is 5.73. The summed E-state index contributed by atoms with van der Waals surface area (Å²) in [4.78, 5) is 4.24. The normalized spacial score (nSPS) is 10.1. The van der Waals surface area contributed by atoms with E-state index in [4.69, 9.17) is 4.74 Å². The zero-order chi connectivity index (χ0) is 11.4. The van der Waals surface area contributed by atoms with E-state index in [-0.39, 0.29) is 0 Å². The quantitative estimate of drug-likeness (QED) is 0.884. The first-order valence-electron chi connectivity index (χ1n) is 4.95. The van der Waals surface area contributed by atoms with Crippen molar-refractivity contribution in [2.24, 2.45) is 0 Å². The number of aryl methyl sites for hydroxylation is 1. The van der Waals surface area contributed by atoms with Gasteiger partial charge in [-0.15, -0.1) is 0 Å². The number of methoxy groups -OCH3 is 1. The molecular weight excluding hydrogens is 222 g/mol. The van der Waals surface area contributed by atoms with Crippen LogP contribution in [0.25, 0.3) is 0 Å². The lowest BCUT2D eigenvalue weighted by molar-refractivity contribution is 0.410. The van der Waals surface area contributed by atoms with Crippen LogP contribution in [0.4, 0.5) is 5.13 Å². The van der Waals surface area contributed by atoms with Crippen LogP contribution in [-0.4, -0.2) is 16.5 Å². The number of ether oxygens (including phenoxy) is 1. The van der Waals surface area contributed by atoms with Crippen molar-refractivity contribution in [2.75, 3.05) is 12.4 Å². The van der Waals surface area contributed by atoms with E-state index in [0.717, 1.165) is 22.3 Å². The number of nitrogens with one attached hydrogen (secondary N) is 1. The molecule has 4 nitrogen and oxygen atoms in total. The fraction of sp³-hybridized carbons (Fsp3) is 0.273. The van der Waals surface area contributed by atoms with Crippen LogP contribution in [0.1, 0.15) is 11.4 Å². The van der Waals surface area contributed by atoms with Crippen LogP contribution in [-0.2, 0) is 6.54 Å². The highest BCUT2D eigenvalue weighted by atomic mass is 32.1. The molecule has 84 valence electrons. The standard InChI is InChI=1S/C11H13N3OS/c1-8-13-11(16-14-8)12-7-9-5-3-4-6-10(9)15-2/h3-6H,7H2,1-2H3,(H,12,13,14). The summed E-state index contributed by atoms with van der Waals surface area (Å²) in [6.07, 6.45) is 0. The van der Waals surface area contributed by atoms with Gasteiger partial charge in [-0.3, -0.25) is 0 Å². The smallest absolute Gasteiger partial charge is 0.202 e. The van der Waals surface area contributed by atoms with E-state index in [1.165, 1.54) is 11.5 Å². The number of para-hydroxylation sites is 1. The highest BCUT2D eigenvalue weighted by Crippen LogP contribution is 2.19. The zero-order valence-corrected chi connectivity index (χ0v) is 10.0. The Morgan fingerprint density at radius 2 is 2.19 bits per heavy atom. The third kappa shape index (κ3) is 2.49. The fourth-order valence-corrected chi connectivity index (χ4v) is 1.96. The van der Waals surface area contributed by atoms with Gasteiger partial charge < -0.3 is 10.1 Å². The van der Waals surface area contributed by atoms with Gasteiger partial charge in [-0.05, 0) is 13.0 Å². The second kappa shape index (κ2) is 4.94. The Labute approximate surface area is 98.5 Å². The molecule has 0 aliphatic carbocycles. The van der Waals surface area contributed by atoms with Crippen LogP contribution in [0, 0.1) is 6.92 Å². The minimum absolute atomic E-state index is 0.693. The lowest BCUT2D eigenvalue weighted by atomic mass is 10.2. The molecule has 0 amide bonds. The third-order valence-electron chi connectivity index (χ3n) is 2.15. The molecule has 0 atom stereocenters. The van der Waals surface area contributed by atoms with E-state index in [9.17, 15) is 0 Å². The molecule has 5 heteroatoms. The van der Waals surface area contributed by atoms with Crippen LogP contribution in [0.5, 0.6) is 5.75 Å². The van der Waals surface area contributed by atoms with Crippen molar-refractivity contribution in [1.82, 2.24) is 9.36 Å². The van der Waals surface area contributed by atoms with Crippen molar-refractivity contribution in [3.63, 3.8) is 0 Å². The van der Waals surface area contributed by atoms with Gasteiger partial charge in [0, 0.05) is 23.6 Å². The van der Waals surface area contributed by atoms with Crippen molar-refractivity contribution in [3.8, 4) is 5.75 Å². The van der Waals surface area contributed by atoms with E-state index < -0.39 is 0 Å². The second-order valence-corrected chi connectivity index (χ2v) is 4.06. The fourth-order valence-electron chi connectivity index (χ4n) is 1.39. The van der Waals surface area contributed by atoms with Crippen molar-refractivity contribution in [2.45, 2.75) is 13.5 Å². The van der Waals surface area contributed by atoms with Crippen LogP contribution in [0.2, 0.25) is 0 Å². The summed E-state index contributed by atoms with van der Waals surface area (Å²) >= 11 is 1.37. The maximum Gasteiger partial charge on any atom is 0.202 e. The predicted molar refractivity (Wildman–Crippen MR) is 65.0 cm³/mol. The van der Waals surface area contributed by atoms with Crippen LogP contribution >= 0.6 is 11.5 Å². The molecule has 1 heterocycles. The molecule has 0 saturated carbocycles. The summed E-state index contributed by atoms with van der Waals surface area (Å²) in [5.41, 5.74) is 1.11. The van der Waals surface area contributed by atoms with E-state index in [1.807, 2.05) is 31.2 Å². The second-order valence-electron chi connectivity index (χ2n) is 3.31. The molecule has 0 bridgehead atoms. The molecule has 1 aromatic heterocycles. The van der Waals surface area contributed by atoms with Gasteiger partial charge in [-0.1, -0.05) is 18.2 Å². The van der Waals surface area contributed by atoms with E-state index in [1.54, 1.807) is 7.11 Å². The van der Waals surface area contributed by atoms with Gasteiger partial charge in [0.05, 0.1) is 7.11 Å². The summed E-state index contributed by atoms with van der Waals surface area (Å²) < 4.78 is 9.37. The summed E-state index contributed by atoms with van der Waals surface area (Å²) in [6, 6.07) is 7.92. The van der Waals surface area contributed by atoms with E-state index in [2.05, 4.69) is 14.7 Å². The van der Waals surface area contributed by atoms with E-state index in [0.29, 0.717) is 6.54 Å². The lowest BCUT2D eigenvalue weighted by Gasteiger charge is -2.07. The van der Waals surface area contributed by atoms with Gasteiger partial charge in [0.25, 0.3) is 0 Å². The molecule has 1 aromatic carbocycles. The summed E-state index contributed by atoms with van der Waals surface area (Å²) in [7, 11) is 1.67. The maximum absolute atomic E-state index is 5.27. The first-order chi connectivity index (χ1) is 7.79. The summed E-state index contributed by atoms with van der Waals surface area (Å²) in [5, 5.41) is 4.06. The summed E-state index contributed by atoms with van der Waals surface area (Å²) in [5.74, 6) is 1.68. The van der Waals surface area contributed by atoms with Crippen molar-refractivity contribution in [3.05, 3.63) is 35.7 Å². The Hall–Kier alpha value is -1.62. The molecule has 0 spiro atoms. The number of rotatable bonds is 4. The van der Waals surface area contributed by atoms with Crippen LogP contribution in [0.3, 0.4) is 0 Å². The van der Waals surface area contributed by atoms with Crippen molar-refractivity contribution < 1.29 is 4.74 Å². The van der Waals surface area contributed by atoms with Gasteiger partial charge in [0.1, 0.15) is 11.6 Å². The van der Waals surface area contributed by atoms with Gasteiger partial charge in [0.15, 0.2) is 0 Å². The minimum atomic E-state index is 0.693. The highest BCUT2D eigenvalue weighted by molar-refractivity contribution is 7.09. The molecule has 0 radical (unpaired) electrons. The minimum Gasteiger partial charge on any atom is -0.496 e. The van der Waals surface area contributed by atoms with Crippen LogP contribution < -0.4 is 10.1 Å². The van der Waals surface area contributed by atoms with E-state index >= 15 is 0 Å². The predicted octanol–water partition coefficient (Wildman–Crippen LogP) is 2.47. The third-order valence-corrected chi connectivity index (χ3v) is 2.91. The Morgan fingerprint density at radius 1 is 1.38 bits per heavy atom. The number of hydrogen-bond acceptors (Lipinski definition) is 5. The number of hydrogen-bond donors (Lipinski definition) is 1. The topological polar surface area (TPSA) is 47.0 Å². The Morgan fingerprint density at radius 3 is 2.88 bits per heavy atom. The molecular formula is C11H13N3OS. The molecule has 16 heavy (non-hydrogen) atoms. The molecule has 1 N–H and O–H groups in total. The first kappa shape index (κ1) is 10.9. The molecule has 0 fully saturated rings. The number of anilines is 1. The zero-order valence-electron chi connectivity index (χ0n) is 9.23. The molecule has 0 aliphatic rings. The lowest BCUT2D eigenvalue weighted by Crippen LogP contribution is -2.01. The Bertz CT molecular complexity index is 470. The van der Waals surface area contributed by atoms with Gasteiger partial charge in [-0.25, -0.2) is 4.98 Å². The van der Waals surface area contributed by atoms with Gasteiger partial charge >= 0.3 is 0 Å². The van der Waals surface area contributed by atoms with Gasteiger partial charge in [0.2, 0.25) is 5.13 Å². The maximum atomic E-state index is 5.27. The van der Waals surface area contributed by atoms with Crippen LogP contribution in [0.15, 0.2) is 24.3 Å². The average Bonchev–Trinajstić information content (AvgIpc) is 2.73. The van der Waals surface area contributed by atoms with Gasteiger partial charge in [-0.2, -0.15) is 4.37 Å². The Kier molecular flexibility index (Phi) is 3.36. The molecule has 2 aromatic rings. The number of aromatic nitrogens is 2. The largest absolute Gasteiger partial charge is 0.496 e. The SMILES string of the molecule is COc1ccccc1CNc1nc(C)ns1. The molecule has 0 saturated heterocycles. The average molecular weight is 235 g/mol. The number of benzene rings is 1. The molecule has 0 unspecified atom stereocenters. The molecule has 2 rings (SSSR count). The van der Waals surface area contributed by atoms with Crippen molar-refractivity contribution in [1.29, 1.82) is 0 Å². The van der Waals surface area contributed by atoms with Crippen molar-refractivity contribution >= 4 is 16.7 Å². The monoisotopic (exact) mass is 235 g/mol. The highest BCUT2D eigenvalue weighted by Gasteiger charge is 2.03. The Balaban J connectivity index is 2.04. The summed E-state index contributed by atoms with van der Waals surface area (Å²) in [6.45, 7) is 2.57. The molecule has 0 aliphatic heterocycles.